The average molecular weight is 525 g/mol. The molecule has 21 heavy (non-hydrogen) atoms. The molecule has 0 aliphatic carbocycles. The Kier molecular flexibility index (Phi) is 6.37. The number of benzene rings is 2. The highest BCUT2D eigenvalue weighted by molar-refractivity contribution is 14.1. The van der Waals surface area contributed by atoms with Crippen molar-refractivity contribution in [2.45, 2.75) is 20.4 Å². The molecule has 5 heteroatoms. The summed E-state index contributed by atoms with van der Waals surface area (Å²) in [6, 6.07) is 10.6. The van der Waals surface area contributed by atoms with E-state index < -0.39 is 0 Å². The van der Waals surface area contributed by atoms with Gasteiger partial charge in [-0.3, -0.25) is 0 Å². The number of nitrogens with one attached hydrogen (secondary N) is 1. The van der Waals surface area contributed by atoms with Gasteiger partial charge in [0.2, 0.25) is 0 Å². The molecule has 0 spiro atoms. The zero-order valence-corrected chi connectivity index (χ0v) is 17.2. The van der Waals surface area contributed by atoms with Crippen LogP contribution in [0.2, 0.25) is 0 Å². The number of anilines is 1. The fourth-order valence-corrected chi connectivity index (χ4v) is 3.93. The van der Waals surface area contributed by atoms with Gasteiger partial charge in [-0.25, -0.2) is 0 Å². The fraction of sp³-hybridized carbons (Fsp3) is 0.250. The maximum Gasteiger partial charge on any atom is 0.147 e. The van der Waals surface area contributed by atoms with Crippen LogP contribution in [0.25, 0.3) is 0 Å². The van der Waals surface area contributed by atoms with E-state index in [1.807, 2.05) is 6.92 Å². The Morgan fingerprint density at radius 1 is 1.14 bits per heavy atom. The average Bonchev–Trinajstić information content (AvgIpc) is 2.44. The number of rotatable bonds is 5. The fourth-order valence-electron chi connectivity index (χ4n) is 1.90. The molecular weight excluding hydrogens is 509 g/mol. The molecule has 0 bridgehead atoms. The van der Waals surface area contributed by atoms with Crippen molar-refractivity contribution < 1.29 is 4.74 Å². The molecule has 0 heterocycles. The first-order valence-corrected chi connectivity index (χ1v) is 9.28. The molecule has 0 atom stereocenters. The second kappa shape index (κ2) is 7.83. The van der Waals surface area contributed by atoms with Crippen molar-refractivity contribution >= 4 is 60.1 Å². The van der Waals surface area contributed by atoms with Crippen molar-refractivity contribution in [3.63, 3.8) is 0 Å². The minimum Gasteiger partial charge on any atom is -0.492 e. The third kappa shape index (κ3) is 4.60. The molecule has 0 aliphatic heterocycles. The van der Waals surface area contributed by atoms with E-state index in [0.717, 1.165) is 26.9 Å². The van der Waals surface area contributed by atoms with E-state index in [9.17, 15) is 0 Å². The van der Waals surface area contributed by atoms with Crippen LogP contribution in [-0.2, 0) is 6.54 Å². The molecule has 0 saturated carbocycles. The second-order valence-corrected chi connectivity index (χ2v) is 7.51. The molecule has 2 aromatic rings. The maximum atomic E-state index is 5.60. The summed E-state index contributed by atoms with van der Waals surface area (Å²) in [4.78, 5) is 0. The Balaban J connectivity index is 2.11. The van der Waals surface area contributed by atoms with Crippen LogP contribution in [0.1, 0.15) is 18.1 Å². The van der Waals surface area contributed by atoms with Gasteiger partial charge in [-0.1, -0.05) is 6.07 Å². The van der Waals surface area contributed by atoms with E-state index in [0.29, 0.717) is 6.61 Å². The molecule has 0 saturated heterocycles. The minimum atomic E-state index is 0.649. The quantitative estimate of drug-likeness (QED) is 0.475. The Morgan fingerprint density at radius 2 is 1.81 bits per heavy atom. The van der Waals surface area contributed by atoms with E-state index >= 15 is 0 Å². The lowest BCUT2D eigenvalue weighted by Gasteiger charge is -2.12. The van der Waals surface area contributed by atoms with E-state index in [2.05, 4.69) is 97.0 Å². The van der Waals surface area contributed by atoms with Gasteiger partial charge in [-0.2, -0.15) is 0 Å². The maximum absolute atomic E-state index is 5.60. The first-order chi connectivity index (χ1) is 10.0. The van der Waals surface area contributed by atoms with E-state index in [-0.39, 0.29) is 0 Å². The molecule has 0 radical (unpaired) electrons. The third-order valence-electron chi connectivity index (χ3n) is 3.02. The van der Waals surface area contributed by atoms with Crippen LogP contribution in [0.3, 0.4) is 0 Å². The predicted octanol–water partition coefficient (Wildman–Crippen LogP) is 6.14. The number of hydrogen-bond donors (Lipinski definition) is 1. The Morgan fingerprint density at radius 3 is 2.38 bits per heavy atom. The molecule has 0 aromatic heterocycles. The molecule has 0 aliphatic rings. The van der Waals surface area contributed by atoms with Crippen molar-refractivity contribution in [3.05, 3.63) is 54.0 Å². The first-order valence-electron chi connectivity index (χ1n) is 6.62. The van der Waals surface area contributed by atoms with Gasteiger partial charge in [0.05, 0.1) is 15.6 Å². The lowest BCUT2D eigenvalue weighted by Crippen LogP contribution is -2.01. The van der Waals surface area contributed by atoms with Gasteiger partial charge >= 0.3 is 0 Å². The lowest BCUT2D eigenvalue weighted by molar-refractivity contribution is 0.336. The van der Waals surface area contributed by atoms with Gasteiger partial charge in [-0.05, 0) is 104 Å². The molecule has 0 amide bonds. The van der Waals surface area contributed by atoms with E-state index in [1.165, 1.54) is 14.7 Å². The largest absolute Gasteiger partial charge is 0.492 e. The summed E-state index contributed by atoms with van der Waals surface area (Å²) in [5, 5.41) is 3.45. The highest BCUT2D eigenvalue weighted by Crippen LogP contribution is 2.35. The van der Waals surface area contributed by atoms with Crippen LogP contribution >= 0.6 is 54.5 Å². The smallest absolute Gasteiger partial charge is 0.147 e. The van der Waals surface area contributed by atoms with Crippen LogP contribution in [0.4, 0.5) is 5.69 Å². The third-order valence-corrected chi connectivity index (χ3v) is 5.36. The molecule has 2 rings (SSSR count). The number of halogens is 3. The lowest BCUT2D eigenvalue weighted by atomic mass is 10.2. The van der Waals surface area contributed by atoms with E-state index in [4.69, 9.17) is 4.74 Å². The van der Waals surface area contributed by atoms with Crippen LogP contribution in [0.15, 0.2) is 39.3 Å². The van der Waals surface area contributed by atoms with Crippen molar-refractivity contribution in [1.82, 2.24) is 0 Å². The van der Waals surface area contributed by atoms with Crippen molar-refractivity contribution in [2.75, 3.05) is 11.9 Å². The number of ether oxygens (including phenoxy) is 1. The number of hydrogen-bond acceptors (Lipinski definition) is 2. The van der Waals surface area contributed by atoms with Gasteiger partial charge in [0.1, 0.15) is 5.75 Å². The Labute approximate surface area is 156 Å². The summed E-state index contributed by atoms with van der Waals surface area (Å²) < 4.78 is 8.80. The minimum absolute atomic E-state index is 0.649. The van der Waals surface area contributed by atoms with Crippen LogP contribution < -0.4 is 10.1 Å². The molecule has 0 unspecified atom stereocenters. The standard InChI is InChI=1S/C16H16Br2INO/c1-3-21-16-13(17)6-11(7-14(16)18)9-20-12-5-4-10(2)15(19)8-12/h4-8,20H,3,9H2,1-2H3. The molecule has 1 N–H and O–H groups in total. The summed E-state index contributed by atoms with van der Waals surface area (Å²) in [5.74, 6) is 0.853. The molecule has 2 nitrogen and oxygen atoms in total. The van der Waals surface area contributed by atoms with Crippen molar-refractivity contribution in [1.29, 1.82) is 0 Å². The van der Waals surface area contributed by atoms with Crippen molar-refractivity contribution in [2.24, 2.45) is 0 Å². The Bertz CT molecular complexity index is 623. The second-order valence-electron chi connectivity index (χ2n) is 4.64. The van der Waals surface area contributed by atoms with Crippen LogP contribution in [0, 0.1) is 10.5 Å². The first kappa shape index (κ1) is 17.1. The normalized spacial score (nSPS) is 10.5. The molecule has 2 aromatic carbocycles. The van der Waals surface area contributed by atoms with E-state index in [1.54, 1.807) is 0 Å². The monoisotopic (exact) mass is 523 g/mol. The molecular formula is C16H16Br2INO. The number of aryl methyl sites for hydroxylation is 1. The van der Waals surface area contributed by atoms with Crippen LogP contribution in [0.5, 0.6) is 5.75 Å². The zero-order valence-electron chi connectivity index (χ0n) is 11.8. The summed E-state index contributed by atoms with van der Waals surface area (Å²) in [7, 11) is 0. The van der Waals surface area contributed by atoms with Crippen LogP contribution in [-0.4, -0.2) is 6.61 Å². The summed E-state index contributed by atoms with van der Waals surface area (Å²) >= 11 is 9.48. The SMILES string of the molecule is CCOc1c(Br)cc(CNc2ccc(C)c(I)c2)cc1Br. The molecule has 112 valence electrons. The van der Waals surface area contributed by atoms with Gasteiger partial charge < -0.3 is 10.1 Å². The van der Waals surface area contributed by atoms with Gasteiger partial charge in [0.15, 0.2) is 0 Å². The van der Waals surface area contributed by atoms with Gasteiger partial charge in [0.25, 0.3) is 0 Å². The summed E-state index contributed by atoms with van der Waals surface area (Å²) in [5.41, 5.74) is 3.62. The zero-order chi connectivity index (χ0) is 15.4. The highest BCUT2D eigenvalue weighted by atomic mass is 127. The topological polar surface area (TPSA) is 21.3 Å². The Hall–Kier alpha value is -0.270. The summed E-state index contributed by atoms with van der Waals surface area (Å²) in [6.07, 6.45) is 0. The van der Waals surface area contributed by atoms with Crippen molar-refractivity contribution in [3.8, 4) is 5.75 Å². The van der Waals surface area contributed by atoms with Gasteiger partial charge in [0, 0.05) is 15.8 Å². The van der Waals surface area contributed by atoms with Gasteiger partial charge in [-0.15, -0.1) is 0 Å². The molecule has 0 fully saturated rings. The predicted molar refractivity (Wildman–Crippen MR) is 104 cm³/mol. The highest BCUT2D eigenvalue weighted by Gasteiger charge is 2.08. The summed E-state index contributed by atoms with van der Waals surface area (Å²) in [6.45, 7) is 5.51.